The van der Waals surface area contributed by atoms with Gasteiger partial charge in [0.1, 0.15) is 5.82 Å². The molecule has 1 fully saturated rings. The minimum atomic E-state index is -0.0190. The molecule has 2 N–H and O–H groups in total. The van der Waals surface area contributed by atoms with Crippen molar-refractivity contribution in [3.05, 3.63) is 59.4 Å². The van der Waals surface area contributed by atoms with Gasteiger partial charge in [-0.1, -0.05) is 30.3 Å². The molecule has 0 bridgehead atoms. The molecule has 1 aliphatic carbocycles. The molecule has 1 aromatic carbocycles. The number of rotatable bonds is 7. The lowest BCUT2D eigenvalue weighted by Gasteiger charge is -2.12. The van der Waals surface area contributed by atoms with Crippen molar-refractivity contribution in [2.24, 2.45) is 5.92 Å². The van der Waals surface area contributed by atoms with Crippen molar-refractivity contribution in [1.82, 2.24) is 15.3 Å². The number of aromatic amines is 1. The fourth-order valence-electron chi connectivity index (χ4n) is 3.25. The zero-order valence-corrected chi connectivity index (χ0v) is 16.3. The highest BCUT2D eigenvalue weighted by molar-refractivity contribution is 7.13. The van der Waals surface area contributed by atoms with Gasteiger partial charge < -0.3 is 15.0 Å². The number of aromatic nitrogens is 2. The number of thiophene rings is 1. The maximum absolute atomic E-state index is 12.6. The van der Waals surface area contributed by atoms with Crippen LogP contribution in [0.4, 0.5) is 0 Å². The molecule has 3 aromatic rings. The van der Waals surface area contributed by atoms with Gasteiger partial charge in [-0.2, -0.15) is 0 Å². The van der Waals surface area contributed by atoms with Crippen LogP contribution in [0.1, 0.15) is 42.9 Å². The predicted molar refractivity (Wildman–Crippen MR) is 107 cm³/mol. The average Bonchev–Trinajstić information content (AvgIpc) is 3.11. The number of hydrogen-bond acceptors (Lipinski definition) is 4. The van der Waals surface area contributed by atoms with E-state index in [-0.39, 0.29) is 23.8 Å². The van der Waals surface area contributed by atoms with Crippen LogP contribution in [-0.2, 0) is 4.79 Å². The van der Waals surface area contributed by atoms with Crippen molar-refractivity contribution < 1.29 is 9.53 Å². The summed E-state index contributed by atoms with van der Waals surface area (Å²) in [7, 11) is 0. The van der Waals surface area contributed by atoms with Crippen molar-refractivity contribution in [1.29, 1.82) is 0 Å². The minimum Gasteiger partial charge on any atom is -0.484 e. The Hall–Kier alpha value is -2.60. The maximum Gasteiger partial charge on any atom is 0.224 e. The van der Waals surface area contributed by atoms with Gasteiger partial charge in [-0.3, -0.25) is 4.79 Å². The van der Waals surface area contributed by atoms with Crippen LogP contribution in [0.2, 0.25) is 0 Å². The number of nitrogens with one attached hydrogen (secondary N) is 2. The predicted octanol–water partition coefficient (Wildman–Crippen LogP) is 4.52. The van der Waals surface area contributed by atoms with Crippen LogP contribution in [0.3, 0.4) is 0 Å². The van der Waals surface area contributed by atoms with Gasteiger partial charge in [0.2, 0.25) is 5.91 Å². The molecule has 2 unspecified atom stereocenters. The largest absolute Gasteiger partial charge is 0.484 e. The first-order valence-corrected chi connectivity index (χ1v) is 10.1. The Morgan fingerprint density at radius 2 is 2.15 bits per heavy atom. The summed E-state index contributed by atoms with van der Waals surface area (Å²) >= 11 is 1.58. The highest BCUT2D eigenvalue weighted by Crippen LogP contribution is 2.47. The van der Waals surface area contributed by atoms with Crippen molar-refractivity contribution >= 4 is 17.2 Å². The third-order valence-electron chi connectivity index (χ3n) is 4.82. The van der Waals surface area contributed by atoms with Gasteiger partial charge in [0.25, 0.3) is 0 Å². The van der Waals surface area contributed by atoms with E-state index >= 15 is 0 Å². The second-order valence-electron chi connectivity index (χ2n) is 6.81. The van der Waals surface area contributed by atoms with E-state index in [4.69, 9.17) is 4.74 Å². The molecule has 140 valence electrons. The van der Waals surface area contributed by atoms with Crippen molar-refractivity contribution in [3.8, 4) is 16.3 Å². The van der Waals surface area contributed by atoms with Gasteiger partial charge in [-0.15, -0.1) is 11.3 Å². The number of benzene rings is 1. The van der Waals surface area contributed by atoms with Crippen LogP contribution in [0.15, 0.2) is 48.7 Å². The van der Waals surface area contributed by atoms with Crippen molar-refractivity contribution in [2.45, 2.75) is 32.2 Å². The molecular weight excluding hydrogens is 358 g/mol. The first-order valence-electron chi connectivity index (χ1n) is 9.29. The van der Waals surface area contributed by atoms with E-state index in [1.165, 1.54) is 0 Å². The lowest BCUT2D eigenvalue weighted by molar-refractivity contribution is -0.123. The number of imidazole rings is 1. The Morgan fingerprint density at radius 3 is 2.93 bits per heavy atom. The van der Waals surface area contributed by atoms with E-state index in [0.29, 0.717) is 6.61 Å². The summed E-state index contributed by atoms with van der Waals surface area (Å²) in [6, 6.07) is 14.0. The third-order valence-corrected chi connectivity index (χ3v) is 6.00. The molecule has 27 heavy (non-hydrogen) atoms. The van der Waals surface area contributed by atoms with Crippen molar-refractivity contribution in [2.75, 3.05) is 6.61 Å². The molecule has 2 aromatic heterocycles. The number of H-pyrrole nitrogens is 1. The molecule has 6 heteroatoms. The normalized spacial score (nSPS) is 19.5. The van der Waals surface area contributed by atoms with Crippen molar-refractivity contribution in [3.63, 3.8) is 0 Å². The highest BCUT2D eigenvalue weighted by atomic mass is 32.1. The van der Waals surface area contributed by atoms with Crippen LogP contribution >= 0.6 is 11.3 Å². The quantitative estimate of drug-likeness (QED) is 0.632. The minimum absolute atomic E-state index is 0.00597. The van der Waals surface area contributed by atoms with Crippen LogP contribution in [0.5, 0.6) is 5.06 Å². The van der Waals surface area contributed by atoms with Gasteiger partial charge in [0.15, 0.2) is 5.06 Å². The fraction of sp³-hybridized carbons (Fsp3) is 0.333. The molecule has 1 amide bonds. The van der Waals surface area contributed by atoms with E-state index in [9.17, 15) is 4.79 Å². The van der Waals surface area contributed by atoms with Gasteiger partial charge in [-0.25, -0.2) is 4.98 Å². The molecule has 0 radical (unpaired) electrons. The summed E-state index contributed by atoms with van der Waals surface area (Å²) in [6.45, 7) is 4.63. The Morgan fingerprint density at radius 1 is 1.33 bits per heavy atom. The summed E-state index contributed by atoms with van der Waals surface area (Å²) in [6.07, 6.45) is 2.76. The number of carbonyl (C=O) groups excluding carboxylic acids is 1. The smallest absolute Gasteiger partial charge is 0.224 e. The van der Waals surface area contributed by atoms with E-state index < -0.39 is 0 Å². The van der Waals surface area contributed by atoms with E-state index in [1.807, 2.05) is 62.5 Å². The topological polar surface area (TPSA) is 67.0 Å². The Balaban J connectivity index is 1.35. The Kier molecular flexibility index (Phi) is 4.99. The monoisotopic (exact) mass is 381 g/mol. The second kappa shape index (κ2) is 7.56. The Bertz CT molecular complexity index is 918. The van der Waals surface area contributed by atoms with E-state index in [0.717, 1.165) is 33.4 Å². The third kappa shape index (κ3) is 3.90. The SMILES string of the molecule is CCOc1ccc([C@@H](C)NC(=O)C2CC2c2nc(-c3ccccc3)c[nH]2)s1. The first kappa shape index (κ1) is 17.8. The number of amides is 1. The molecule has 1 aliphatic rings. The van der Waals surface area contributed by atoms with E-state index in [2.05, 4.69) is 15.3 Å². The summed E-state index contributed by atoms with van der Waals surface area (Å²) in [5.74, 6) is 1.17. The number of carbonyl (C=O) groups is 1. The number of hydrogen-bond donors (Lipinski definition) is 2. The zero-order chi connectivity index (χ0) is 18.8. The fourth-order valence-corrected chi connectivity index (χ4v) is 4.17. The summed E-state index contributed by atoms with van der Waals surface area (Å²) < 4.78 is 5.51. The molecule has 2 heterocycles. The molecule has 0 spiro atoms. The second-order valence-corrected chi connectivity index (χ2v) is 7.88. The van der Waals surface area contributed by atoms with Crippen LogP contribution in [0, 0.1) is 5.92 Å². The van der Waals surface area contributed by atoms with Crippen LogP contribution in [0.25, 0.3) is 11.3 Å². The average molecular weight is 382 g/mol. The van der Waals surface area contributed by atoms with Gasteiger partial charge >= 0.3 is 0 Å². The molecular formula is C21H23N3O2S. The highest BCUT2D eigenvalue weighted by Gasteiger charge is 2.46. The maximum atomic E-state index is 12.6. The number of ether oxygens (including phenoxy) is 1. The van der Waals surface area contributed by atoms with Gasteiger partial charge in [-0.05, 0) is 32.4 Å². The Labute approximate surface area is 162 Å². The molecule has 0 saturated heterocycles. The number of nitrogens with zero attached hydrogens (tertiary/aromatic N) is 1. The molecule has 4 rings (SSSR count). The van der Waals surface area contributed by atoms with Gasteiger partial charge in [0.05, 0.1) is 18.3 Å². The standard InChI is InChI=1S/C21H23N3O2S/c1-3-26-19-10-9-18(27-19)13(2)23-21(25)16-11-15(16)20-22-12-17(24-20)14-7-5-4-6-8-14/h4-10,12-13,15-16H,3,11H2,1-2H3,(H,22,24)(H,23,25)/t13-,15?,16?/m1/s1. The molecule has 1 saturated carbocycles. The summed E-state index contributed by atoms with van der Waals surface area (Å²) in [5.41, 5.74) is 2.00. The summed E-state index contributed by atoms with van der Waals surface area (Å²) in [5, 5.41) is 4.02. The summed E-state index contributed by atoms with van der Waals surface area (Å²) in [4.78, 5) is 21.6. The van der Waals surface area contributed by atoms with E-state index in [1.54, 1.807) is 11.3 Å². The van der Waals surface area contributed by atoms with Gasteiger partial charge in [0, 0.05) is 28.5 Å². The lowest BCUT2D eigenvalue weighted by atomic mass is 10.2. The molecule has 0 aliphatic heterocycles. The molecule has 3 atom stereocenters. The molecule has 5 nitrogen and oxygen atoms in total. The van der Waals surface area contributed by atoms with Crippen LogP contribution < -0.4 is 10.1 Å². The first-order chi connectivity index (χ1) is 13.2. The lowest BCUT2D eigenvalue weighted by Crippen LogP contribution is -2.28. The van der Waals surface area contributed by atoms with Crippen LogP contribution in [-0.4, -0.2) is 22.5 Å². The zero-order valence-electron chi connectivity index (χ0n) is 15.4.